The second kappa shape index (κ2) is 5.40. The van der Waals surface area contributed by atoms with Crippen molar-refractivity contribution >= 4 is 17.6 Å². The molecule has 0 radical (unpaired) electrons. The monoisotopic (exact) mass is 218 g/mol. The molecule has 0 unspecified atom stereocenters. The maximum Gasteiger partial charge on any atom is 0.334 e. The summed E-state index contributed by atoms with van der Waals surface area (Å²) >= 11 is 5.59. The van der Waals surface area contributed by atoms with Crippen LogP contribution >= 0.6 is 11.6 Å². The van der Waals surface area contributed by atoms with E-state index in [9.17, 15) is 4.79 Å². The van der Waals surface area contributed by atoms with Crippen LogP contribution in [0, 0.1) is 0 Å². The highest BCUT2D eigenvalue weighted by molar-refractivity contribution is 6.18. The van der Waals surface area contributed by atoms with Gasteiger partial charge in [0, 0.05) is 11.5 Å². The lowest BCUT2D eigenvalue weighted by molar-refractivity contribution is -0.149. The highest BCUT2D eigenvalue weighted by atomic mass is 35.5. The van der Waals surface area contributed by atoms with E-state index in [2.05, 4.69) is 0 Å². The summed E-state index contributed by atoms with van der Waals surface area (Å²) in [5.41, 5.74) is 1.23. The van der Waals surface area contributed by atoms with Crippen molar-refractivity contribution in [2.45, 2.75) is 46.6 Å². The lowest BCUT2D eigenvalue weighted by atomic mass is 10.1. The van der Waals surface area contributed by atoms with E-state index in [4.69, 9.17) is 16.3 Å². The third kappa shape index (κ3) is 5.28. The van der Waals surface area contributed by atoms with E-state index in [1.54, 1.807) is 6.92 Å². The van der Waals surface area contributed by atoms with Gasteiger partial charge in [0.15, 0.2) is 0 Å². The summed E-state index contributed by atoms with van der Waals surface area (Å²) in [6, 6.07) is 0. The Morgan fingerprint density at radius 3 is 2.14 bits per heavy atom. The van der Waals surface area contributed by atoms with Crippen LogP contribution < -0.4 is 0 Å². The zero-order valence-corrected chi connectivity index (χ0v) is 10.4. The van der Waals surface area contributed by atoms with Gasteiger partial charge in [-0.15, -0.1) is 11.6 Å². The molecule has 2 nitrogen and oxygen atoms in total. The number of halogens is 1. The molecule has 0 aliphatic carbocycles. The smallest absolute Gasteiger partial charge is 0.334 e. The second-order valence-corrected chi connectivity index (χ2v) is 4.72. The minimum Gasteiger partial charge on any atom is -0.457 e. The summed E-state index contributed by atoms with van der Waals surface area (Å²) in [7, 11) is 0. The molecule has 0 bridgehead atoms. The Bertz CT molecular complexity index is 236. The van der Waals surface area contributed by atoms with Crippen LogP contribution in [0.25, 0.3) is 0 Å². The molecule has 0 saturated heterocycles. The third-order valence-corrected chi connectivity index (χ3v) is 2.00. The minimum absolute atomic E-state index is 0.250. The Morgan fingerprint density at radius 1 is 1.29 bits per heavy atom. The van der Waals surface area contributed by atoms with Crippen LogP contribution in [0.4, 0.5) is 0 Å². The van der Waals surface area contributed by atoms with Crippen LogP contribution in [0.2, 0.25) is 0 Å². The molecule has 0 aliphatic rings. The molecule has 0 aliphatic heterocycles. The Labute approximate surface area is 91.3 Å². The standard InChI is InChI=1S/C11H19ClO2/c1-8(6-7-12)9(2)10(13)14-11(3,4)5/h6-7H2,1-5H3/b9-8-. The van der Waals surface area contributed by atoms with E-state index in [-0.39, 0.29) is 5.97 Å². The maximum absolute atomic E-state index is 11.6. The molecular weight excluding hydrogens is 200 g/mol. The van der Waals surface area contributed by atoms with E-state index in [1.165, 1.54) is 0 Å². The molecule has 14 heavy (non-hydrogen) atoms. The van der Waals surface area contributed by atoms with Crippen molar-refractivity contribution in [3.63, 3.8) is 0 Å². The summed E-state index contributed by atoms with van der Waals surface area (Å²) in [6.45, 7) is 9.25. The van der Waals surface area contributed by atoms with Crippen LogP contribution in [0.3, 0.4) is 0 Å². The summed E-state index contributed by atoms with van der Waals surface area (Å²) < 4.78 is 5.23. The number of ether oxygens (including phenoxy) is 1. The summed E-state index contributed by atoms with van der Waals surface area (Å²) in [4.78, 5) is 11.6. The van der Waals surface area contributed by atoms with Gasteiger partial charge in [-0.25, -0.2) is 4.79 Å². The number of alkyl halides is 1. The van der Waals surface area contributed by atoms with Crippen molar-refractivity contribution in [2.24, 2.45) is 0 Å². The first-order valence-electron chi connectivity index (χ1n) is 4.73. The van der Waals surface area contributed by atoms with Gasteiger partial charge in [0.2, 0.25) is 0 Å². The molecule has 0 aromatic rings. The van der Waals surface area contributed by atoms with Gasteiger partial charge in [-0.1, -0.05) is 5.57 Å². The van der Waals surface area contributed by atoms with Crippen molar-refractivity contribution < 1.29 is 9.53 Å². The number of esters is 1. The van der Waals surface area contributed by atoms with Gasteiger partial charge in [0.05, 0.1) is 0 Å². The Morgan fingerprint density at radius 2 is 1.79 bits per heavy atom. The molecule has 0 spiro atoms. The Balaban J connectivity index is 4.46. The van der Waals surface area contributed by atoms with Gasteiger partial charge in [-0.2, -0.15) is 0 Å². The average Bonchev–Trinajstić information content (AvgIpc) is 2.00. The van der Waals surface area contributed by atoms with E-state index in [0.717, 1.165) is 12.0 Å². The van der Waals surface area contributed by atoms with Crippen molar-refractivity contribution in [1.82, 2.24) is 0 Å². The highest BCUT2D eigenvalue weighted by Crippen LogP contribution is 2.15. The molecule has 0 atom stereocenters. The predicted octanol–water partition coefficient (Wildman–Crippen LogP) is 3.29. The van der Waals surface area contributed by atoms with Crippen molar-refractivity contribution in [2.75, 3.05) is 5.88 Å². The molecule has 0 aromatic carbocycles. The topological polar surface area (TPSA) is 26.3 Å². The van der Waals surface area contributed by atoms with E-state index in [0.29, 0.717) is 11.5 Å². The van der Waals surface area contributed by atoms with Gasteiger partial charge in [0.25, 0.3) is 0 Å². The first kappa shape index (κ1) is 13.5. The van der Waals surface area contributed by atoms with Crippen molar-refractivity contribution in [1.29, 1.82) is 0 Å². The van der Waals surface area contributed by atoms with E-state index >= 15 is 0 Å². The number of carbonyl (C=O) groups is 1. The van der Waals surface area contributed by atoms with Crippen LogP contribution in [0.5, 0.6) is 0 Å². The van der Waals surface area contributed by atoms with Crippen molar-refractivity contribution in [3.8, 4) is 0 Å². The van der Waals surface area contributed by atoms with Crippen LogP contribution in [0.15, 0.2) is 11.1 Å². The van der Waals surface area contributed by atoms with Crippen molar-refractivity contribution in [3.05, 3.63) is 11.1 Å². The second-order valence-electron chi connectivity index (χ2n) is 4.35. The lowest BCUT2D eigenvalue weighted by Crippen LogP contribution is -2.24. The number of hydrogen-bond acceptors (Lipinski definition) is 2. The van der Waals surface area contributed by atoms with Crippen LogP contribution in [-0.2, 0) is 9.53 Å². The summed E-state index contributed by atoms with van der Waals surface area (Å²) in [5.74, 6) is 0.284. The number of carbonyl (C=O) groups excluding carboxylic acids is 1. The first-order chi connectivity index (χ1) is 6.28. The van der Waals surface area contributed by atoms with Gasteiger partial charge in [-0.05, 0) is 41.0 Å². The SMILES string of the molecule is C/C(CCCl)=C(\C)C(=O)OC(C)(C)C. The molecule has 0 heterocycles. The zero-order chi connectivity index (χ0) is 11.4. The molecule has 0 aromatic heterocycles. The predicted molar refractivity (Wildman–Crippen MR) is 59.6 cm³/mol. The quantitative estimate of drug-likeness (QED) is 0.413. The fourth-order valence-electron chi connectivity index (χ4n) is 0.858. The largest absolute Gasteiger partial charge is 0.457 e. The first-order valence-corrected chi connectivity index (χ1v) is 5.27. The highest BCUT2D eigenvalue weighted by Gasteiger charge is 2.18. The molecule has 82 valence electrons. The summed E-state index contributed by atoms with van der Waals surface area (Å²) in [5, 5.41) is 0. The van der Waals surface area contributed by atoms with Gasteiger partial charge in [0.1, 0.15) is 5.60 Å². The molecule has 0 amide bonds. The minimum atomic E-state index is -0.431. The molecule has 0 saturated carbocycles. The van der Waals surface area contributed by atoms with E-state index < -0.39 is 5.60 Å². The number of hydrogen-bond donors (Lipinski definition) is 0. The number of rotatable bonds is 3. The Kier molecular flexibility index (Phi) is 5.21. The Hall–Kier alpha value is -0.500. The van der Waals surface area contributed by atoms with Gasteiger partial charge >= 0.3 is 5.97 Å². The fraction of sp³-hybridized carbons (Fsp3) is 0.727. The maximum atomic E-state index is 11.6. The fourth-order valence-corrected chi connectivity index (χ4v) is 1.14. The van der Waals surface area contributed by atoms with Gasteiger partial charge in [-0.3, -0.25) is 0 Å². The van der Waals surface area contributed by atoms with Crippen LogP contribution in [0.1, 0.15) is 41.0 Å². The molecule has 0 fully saturated rings. The molecular formula is C11H19ClO2. The van der Waals surface area contributed by atoms with Gasteiger partial charge < -0.3 is 4.74 Å². The van der Waals surface area contributed by atoms with E-state index in [1.807, 2.05) is 27.7 Å². The van der Waals surface area contributed by atoms with Crippen LogP contribution in [-0.4, -0.2) is 17.5 Å². The summed E-state index contributed by atoms with van der Waals surface area (Å²) in [6.07, 6.45) is 0.729. The lowest BCUT2D eigenvalue weighted by Gasteiger charge is -2.20. The normalized spacial score (nSPS) is 13.6. The third-order valence-electron chi connectivity index (χ3n) is 1.81. The average molecular weight is 219 g/mol. The molecule has 0 rings (SSSR count). The number of allylic oxidation sites excluding steroid dienone is 1. The zero-order valence-electron chi connectivity index (χ0n) is 9.61. The molecule has 0 N–H and O–H groups in total. The molecule has 3 heteroatoms.